The summed E-state index contributed by atoms with van der Waals surface area (Å²) in [4.78, 5) is 12.3. The number of hydrogen-bond donors (Lipinski definition) is 2. The fourth-order valence-corrected chi connectivity index (χ4v) is 7.16. The molecule has 138 valence electrons. The van der Waals surface area contributed by atoms with Crippen molar-refractivity contribution < 1.29 is 15.0 Å². The molecule has 0 aromatic carbocycles. The lowest BCUT2D eigenvalue weighted by atomic mass is 9.47. The molecular formula is C22H32O3. The van der Waals surface area contributed by atoms with E-state index in [1.807, 2.05) is 0 Å². The van der Waals surface area contributed by atoms with Crippen molar-refractivity contribution in [3.05, 3.63) is 23.3 Å². The second-order valence-electron chi connectivity index (χ2n) is 9.66. The van der Waals surface area contributed by atoms with Gasteiger partial charge in [-0.1, -0.05) is 31.6 Å². The first-order chi connectivity index (χ1) is 11.6. The Balaban J connectivity index is 1.78. The molecule has 0 bridgehead atoms. The molecule has 2 saturated carbocycles. The number of hydrogen-bond acceptors (Lipinski definition) is 3. The van der Waals surface area contributed by atoms with E-state index in [0.29, 0.717) is 24.2 Å². The minimum absolute atomic E-state index is 0.0555. The van der Waals surface area contributed by atoms with Crippen molar-refractivity contribution in [2.75, 3.05) is 0 Å². The highest BCUT2D eigenvalue weighted by Gasteiger charge is 2.65. The molecule has 0 saturated heterocycles. The second-order valence-corrected chi connectivity index (χ2v) is 9.66. The zero-order valence-corrected chi connectivity index (χ0v) is 16.0. The molecule has 3 heteroatoms. The van der Waals surface area contributed by atoms with Gasteiger partial charge in [0.05, 0.1) is 6.10 Å². The van der Waals surface area contributed by atoms with Crippen LogP contribution < -0.4 is 0 Å². The van der Waals surface area contributed by atoms with Gasteiger partial charge in [0.2, 0.25) is 0 Å². The molecule has 0 heterocycles. The van der Waals surface area contributed by atoms with Gasteiger partial charge in [0, 0.05) is 5.41 Å². The maximum absolute atomic E-state index is 12.3. The van der Waals surface area contributed by atoms with Gasteiger partial charge in [0.25, 0.3) is 0 Å². The van der Waals surface area contributed by atoms with E-state index >= 15 is 0 Å². The number of aliphatic hydroxyl groups is 2. The van der Waals surface area contributed by atoms with Gasteiger partial charge in [-0.15, -0.1) is 0 Å². The van der Waals surface area contributed by atoms with Crippen molar-refractivity contribution in [2.45, 2.75) is 77.9 Å². The third-order valence-electron chi connectivity index (χ3n) is 8.69. The third kappa shape index (κ3) is 2.09. The Kier molecular flexibility index (Phi) is 3.70. The van der Waals surface area contributed by atoms with Crippen molar-refractivity contribution in [3.8, 4) is 0 Å². The third-order valence-corrected chi connectivity index (χ3v) is 8.69. The minimum atomic E-state index is -1.15. The second kappa shape index (κ2) is 5.29. The molecule has 4 aliphatic carbocycles. The number of carbonyl (C=O) groups excluding carboxylic acids is 1. The van der Waals surface area contributed by atoms with E-state index in [2.05, 4.69) is 32.9 Å². The lowest BCUT2D eigenvalue weighted by molar-refractivity contribution is -0.156. The summed E-state index contributed by atoms with van der Waals surface area (Å²) >= 11 is 0. The highest BCUT2D eigenvalue weighted by Crippen LogP contribution is 2.67. The minimum Gasteiger partial charge on any atom is -0.389 e. The molecule has 25 heavy (non-hydrogen) atoms. The zero-order valence-electron chi connectivity index (χ0n) is 16.0. The summed E-state index contributed by atoms with van der Waals surface area (Å²) in [6.07, 6.45) is 9.58. The Morgan fingerprint density at radius 2 is 1.76 bits per heavy atom. The number of rotatable bonds is 1. The van der Waals surface area contributed by atoms with Gasteiger partial charge in [-0.05, 0) is 81.1 Å². The van der Waals surface area contributed by atoms with Gasteiger partial charge in [0.15, 0.2) is 5.78 Å². The highest BCUT2D eigenvalue weighted by molar-refractivity contribution is 5.86. The van der Waals surface area contributed by atoms with Crippen LogP contribution in [0.25, 0.3) is 0 Å². The maximum Gasteiger partial charge on any atom is 0.161 e. The maximum atomic E-state index is 12.3. The number of carbonyl (C=O) groups is 1. The first-order valence-corrected chi connectivity index (χ1v) is 9.96. The Morgan fingerprint density at radius 3 is 2.44 bits per heavy atom. The summed E-state index contributed by atoms with van der Waals surface area (Å²) in [5.74, 6) is 1.31. The fraction of sp³-hybridized carbons (Fsp3) is 0.773. The van der Waals surface area contributed by atoms with Gasteiger partial charge in [-0.25, -0.2) is 0 Å². The molecule has 0 amide bonds. The molecule has 2 N–H and O–H groups in total. The molecule has 7 atom stereocenters. The predicted molar refractivity (Wildman–Crippen MR) is 97.9 cm³/mol. The number of Topliss-reactive ketones (excluding diaryl/α,β-unsaturated/α-hetero) is 1. The summed E-state index contributed by atoms with van der Waals surface area (Å²) in [7, 11) is 0. The summed E-state index contributed by atoms with van der Waals surface area (Å²) in [6, 6.07) is 0. The van der Waals surface area contributed by atoms with Gasteiger partial charge in [-0.3, -0.25) is 4.79 Å². The van der Waals surface area contributed by atoms with Gasteiger partial charge >= 0.3 is 0 Å². The Bertz CT molecular complexity index is 677. The van der Waals surface area contributed by atoms with E-state index < -0.39 is 5.60 Å². The van der Waals surface area contributed by atoms with Crippen molar-refractivity contribution in [2.24, 2.45) is 28.6 Å². The van der Waals surface area contributed by atoms with Crippen molar-refractivity contribution >= 4 is 5.78 Å². The molecule has 0 aromatic heterocycles. The summed E-state index contributed by atoms with van der Waals surface area (Å²) in [6.45, 7) is 8.28. The summed E-state index contributed by atoms with van der Waals surface area (Å²) < 4.78 is 0. The number of fused-ring (bicyclic) bond motifs is 5. The first-order valence-electron chi connectivity index (χ1n) is 9.96. The molecule has 0 radical (unpaired) electrons. The van der Waals surface area contributed by atoms with Crippen LogP contribution >= 0.6 is 0 Å². The van der Waals surface area contributed by atoms with Crippen LogP contribution in [0.2, 0.25) is 0 Å². The molecule has 0 aliphatic heterocycles. The monoisotopic (exact) mass is 344 g/mol. The molecule has 2 fully saturated rings. The Labute approximate surface area is 151 Å². The smallest absolute Gasteiger partial charge is 0.161 e. The lowest BCUT2D eigenvalue weighted by Gasteiger charge is -2.58. The average Bonchev–Trinajstić information content (AvgIpc) is 2.83. The summed E-state index contributed by atoms with van der Waals surface area (Å²) in [5.41, 5.74) is 1.31. The van der Waals surface area contributed by atoms with E-state index in [1.165, 1.54) is 11.1 Å². The van der Waals surface area contributed by atoms with Crippen molar-refractivity contribution in [3.63, 3.8) is 0 Å². The number of allylic oxidation sites excluding steroid dienone is 3. The van der Waals surface area contributed by atoms with Crippen LogP contribution in [0.4, 0.5) is 0 Å². The Hall–Kier alpha value is -0.930. The van der Waals surface area contributed by atoms with Crippen LogP contribution in [0.15, 0.2) is 23.3 Å². The summed E-state index contributed by atoms with van der Waals surface area (Å²) in [5, 5.41) is 21.3. The first kappa shape index (κ1) is 17.5. The van der Waals surface area contributed by atoms with E-state index in [0.717, 1.165) is 32.1 Å². The largest absolute Gasteiger partial charge is 0.389 e. The zero-order chi connectivity index (χ0) is 18.2. The predicted octanol–water partition coefficient (Wildman–Crippen LogP) is 3.80. The molecule has 4 aliphatic rings. The molecule has 1 unspecified atom stereocenters. The van der Waals surface area contributed by atoms with E-state index in [9.17, 15) is 15.0 Å². The highest BCUT2D eigenvalue weighted by atomic mass is 16.3. The number of aliphatic hydroxyl groups excluding tert-OH is 1. The van der Waals surface area contributed by atoms with Crippen LogP contribution in [0.3, 0.4) is 0 Å². The van der Waals surface area contributed by atoms with Gasteiger partial charge in [-0.2, -0.15) is 0 Å². The average molecular weight is 344 g/mol. The van der Waals surface area contributed by atoms with E-state index in [4.69, 9.17) is 0 Å². The van der Waals surface area contributed by atoms with Crippen LogP contribution in [-0.2, 0) is 4.79 Å². The standard InChI is InChI=1S/C22H32O3/c1-13-11-16-17(20(3)8-5-15(24)12-19(13)20)6-9-21(4)18(16)7-10-22(21,25)14(2)23/h11-12,15-18,24-25H,5-10H2,1-4H3/t15?,16-,17+,18+,20-,21+,22+/m1/s1. The van der Waals surface area contributed by atoms with Crippen molar-refractivity contribution in [1.82, 2.24) is 0 Å². The van der Waals surface area contributed by atoms with Crippen LogP contribution in [0, 0.1) is 28.6 Å². The van der Waals surface area contributed by atoms with Gasteiger partial charge in [0.1, 0.15) is 5.60 Å². The molecular weight excluding hydrogens is 312 g/mol. The topological polar surface area (TPSA) is 57.5 Å². The van der Waals surface area contributed by atoms with Crippen LogP contribution in [0.1, 0.15) is 66.2 Å². The molecule has 4 rings (SSSR count). The Morgan fingerprint density at radius 1 is 1.08 bits per heavy atom. The molecule has 0 aromatic rings. The van der Waals surface area contributed by atoms with E-state index in [1.54, 1.807) is 6.92 Å². The quantitative estimate of drug-likeness (QED) is 0.761. The van der Waals surface area contributed by atoms with Gasteiger partial charge < -0.3 is 10.2 Å². The molecule has 3 nitrogen and oxygen atoms in total. The molecule has 0 spiro atoms. The lowest BCUT2D eigenvalue weighted by Crippen LogP contribution is -2.56. The van der Waals surface area contributed by atoms with Crippen LogP contribution in [-0.4, -0.2) is 27.7 Å². The van der Waals surface area contributed by atoms with Crippen LogP contribution in [0.5, 0.6) is 0 Å². The fourth-order valence-electron chi connectivity index (χ4n) is 7.16. The number of ketones is 1. The van der Waals surface area contributed by atoms with Crippen molar-refractivity contribution in [1.29, 1.82) is 0 Å². The van der Waals surface area contributed by atoms with E-state index in [-0.39, 0.29) is 22.7 Å². The SMILES string of the molecule is CC(=O)[C@@]1(O)CC[C@H]2[C@@H]3C=C(C)C4=CC(O)CC[C@]4(C)[C@H]3CC[C@@]21C. The normalized spacial score (nSPS) is 51.8.